The topological polar surface area (TPSA) is 61.9 Å². The number of amides is 3. The van der Waals surface area contributed by atoms with Crippen LogP contribution in [-0.2, 0) is 11.3 Å². The van der Waals surface area contributed by atoms with E-state index >= 15 is 0 Å². The number of hydrogen-bond acceptors (Lipinski definition) is 3. The van der Waals surface area contributed by atoms with Crippen LogP contribution in [0.5, 0.6) is 5.75 Å². The minimum Gasteiger partial charge on any atom is -0.493 e. The number of nitrogens with one attached hydrogen (secondary N) is 1. The third kappa shape index (κ3) is 5.63. The maximum Gasteiger partial charge on any atom is 0.317 e. The molecule has 0 aromatic heterocycles. The number of carbonyl (C=O) groups excluding carboxylic acids is 2. The molecule has 6 heteroatoms. The smallest absolute Gasteiger partial charge is 0.317 e. The third-order valence-electron chi connectivity index (χ3n) is 5.47. The van der Waals surface area contributed by atoms with Gasteiger partial charge in [-0.1, -0.05) is 26.0 Å². The first-order valence-corrected chi connectivity index (χ1v) is 10.6. The first-order chi connectivity index (χ1) is 13.5. The summed E-state index contributed by atoms with van der Waals surface area (Å²) in [4.78, 5) is 28.8. The standard InChI is InChI=1S/C22H33N3O3/c1-17(2)16-28-20-7-5-6-18(14-20)15-23-22(27)25-12-8-19(9-13-25)21(26)24-10-3-4-11-24/h5-7,14,17,19H,3-4,8-13,15-16H2,1-2H3,(H,23,27). The predicted octanol–water partition coefficient (Wildman–Crippen LogP) is 3.27. The Hall–Kier alpha value is -2.24. The van der Waals surface area contributed by atoms with E-state index in [4.69, 9.17) is 4.74 Å². The maximum absolute atomic E-state index is 12.5. The summed E-state index contributed by atoms with van der Waals surface area (Å²) in [5.74, 6) is 1.68. The van der Waals surface area contributed by atoms with Gasteiger partial charge in [-0.05, 0) is 49.3 Å². The molecule has 3 rings (SSSR count). The zero-order valence-corrected chi connectivity index (χ0v) is 17.2. The molecule has 0 atom stereocenters. The molecule has 0 unspecified atom stereocenters. The van der Waals surface area contributed by atoms with Crippen LogP contribution < -0.4 is 10.1 Å². The lowest BCUT2D eigenvalue weighted by molar-refractivity contribution is -0.135. The van der Waals surface area contributed by atoms with E-state index in [1.165, 1.54) is 0 Å². The largest absolute Gasteiger partial charge is 0.493 e. The van der Waals surface area contributed by atoms with Crippen LogP contribution in [-0.4, -0.2) is 54.5 Å². The number of ether oxygens (including phenoxy) is 1. The van der Waals surface area contributed by atoms with Crippen LogP contribution in [0.15, 0.2) is 24.3 Å². The van der Waals surface area contributed by atoms with E-state index in [1.54, 1.807) is 0 Å². The highest BCUT2D eigenvalue weighted by Gasteiger charge is 2.31. The lowest BCUT2D eigenvalue weighted by atomic mass is 9.95. The molecular weight excluding hydrogens is 354 g/mol. The maximum atomic E-state index is 12.5. The molecule has 2 heterocycles. The Kier molecular flexibility index (Phi) is 7.18. The molecule has 2 aliphatic heterocycles. The normalized spacial score (nSPS) is 17.8. The average molecular weight is 388 g/mol. The molecule has 0 radical (unpaired) electrons. The molecule has 6 nitrogen and oxygen atoms in total. The van der Waals surface area contributed by atoms with E-state index in [-0.39, 0.29) is 17.9 Å². The zero-order valence-electron chi connectivity index (χ0n) is 17.2. The van der Waals surface area contributed by atoms with Gasteiger partial charge < -0.3 is 19.9 Å². The van der Waals surface area contributed by atoms with Crippen LogP contribution in [0.3, 0.4) is 0 Å². The molecule has 1 aromatic rings. The molecule has 1 N–H and O–H groups in total. The lowest BCUT2D eigenvalue weighted by Crippen LogP contribution is -2.47. The second-order valence-electron chi connectivity index (χ2n) is 8.30. The van der Waals surface area contributed by atoms with Crippen molar-refractivity contribution < 1.29 is 14.3 Å². The fourth-order valence-electron chi connectivity index (χ4n) is 3.82. The predicted molar refractivity (Wildman–Crippen MR) is 109 cm³/mol. The first kappa shape index (κ1) is 20.5. The molecule has 2 fully saturated rings. The highest BCUT2D eigenvalue weighted by molar-refractivity contribution is 5.80. The molecule has 0 bridgehead atoms. The number of likely N-dealkylation sites (tertiary alicyclic amines) is 2. The van der Waals surface area contributed by atoms with Gasteiger partial charge in [-0.3, -0.25) is 4.79 Å². The number of carbonyl (C=O) groups is 2. The van der Waals surface area contributed by atoms with Crippen LogP contribution in [0.25, 0.3) is 0 Å². The van der Waals surface area contributed by atoms with Crippen molar-refractivity contribution in [2.45, 2.75) is 46.1 Å². The van der Waals surface area contributed by atoms with Crippen molar-refractivity contribution in [3.8, 4) is 5.75 Å². The minimum atomic E-state index is -0.0550. The lowest BCUT2D eigenvalue weighted by Gasteiger charge is -2.33. The van der Waals surface area contributed by atoms with Gasteiger partial charge in [0, 0.05) is 38.6 Å². The third-order valence-corrected chi connectivity index (χ3v) is 5.47. The van der Waals surface area contributed by atoms with Crippen LogP contribution in [0, 0.1) is 11.8 Å². The fourth-order valence-corrected chi connectivity index (χ4v) is 3.82. The average Bonchev–Trinajstić information content (AvgIpc) is 3.25. The summed E-state index contributed by atoms with van der Waals surface area (Å²) in [6.45, 7) is 8.49. The molecule has 28 heavy (non-hydrogen) atoms. The Morgan fingerprint density at radius 1 is 1.11 bits per heavy atom. The van der Waals surface area contributed by atoms with Crippen molar-refractivity contribution in [3.63, 3.8) is 0 Å². The van der Waals surface area contributed by atoms with Crippen molar-refractivity contribution in [2.75, 3.05) is 32.8 Å². The molecule has 0 saturated carbocycles. The molecule has 1 aromatic carbocycles. The number of benzene rings is 1. The fraction of sp³-hybridized carbons (Fsp3) is 0.636. The molecular formula is C22H33N3O3. The van der Waals surface area contributed by atoms with Crippen molar-refractivity contribution >= 4 is 11.9 Å². The molecule has 2 aliphatic rings. The Morgan fingerprint density at radius 3 is 2.50 bits per heavy atom. The molecule has 0 aliphatic carbocycles. The van der Waals surface area contributed by atoms with Gasteiger partial charge in [0.2, 0.25) is 5.91 Å². The zero-order chi connectivity index (χ0) is 19.9. The van der Waals surface area contributed by atoms with Gasteiger partial charge in [-0.15, -0.1) is 0 Å². The van der Waals surface area contributed by atoms with Gasteiger partial charge in [0.25, 0.3) is 0 Å². The van der Waals surface area contributed by atoms with Gasteiger partial charge in [0.05, 0.1) is 6.61 Å². The van der Waals surface area contributed by atoms with Crippen molar-refractivity contribution in [2.24, 2.45) is 11.8 Å². The van der Waals surface area contributed by atoms with Crippen LogP contribution in [0.1, 0.15) is 45.1 Å². The first-order valence-electron chi connectivity index (χ1n) is 10.6. The molecule has 3 amide bonds. The number of nitrogens with zero attached hydrogens (tertiary/aromatic N) is 2. The van der Waals surface area contributed by atoms with E-state index < -0.39 is 0 Å². The summed E-state index contributed by atoms with van der Waals surface area (Å²) >= 11 is 0. The van der Waals surface area contributed by atoms with Crippen molar-refractivity contribution in [1.29, 1.82) is 0 Å². The van der Waals surface area contributed by atoms with Crippen LogP contribution in [0.2, 0.25) is 0 Å². The molecule has 154 valence electrons. The van der Waals surface area contributed by atoms with Gasteiger partial charge >= 0.3 is 6.03 Å². The quantitative estimate of drug-likeness (QED) is 0.815. The Labute approximate surface area is 168 Å². The van der Waals surface area contributed by atoms with E-state index in [9.17, 15) is 9.59 Å². The Bertz CT molecular complexity index is 663. The van der Waals surface area contributed by atoms with E-state index in [1.807, 2.05) is 34.1 Å². The van der Waals surface area contributed by atoms with Gasteiger partial charge in [0.1, 0.15) is 5.75 Å². The SMILES string of the molecule is CC(C)COc1cccc(CNC(=O)N2CCC(C(=O)N3CCCC3)CC2)c1. The van der Waals surface area contributed by atoms with E-state index in [0.717, 1.165) is 50.1 Å². The summed E-state index contributed by atoms with van der Waals surface area (Å²) in [6.07, 6.45) is 3.77. The minimum absolute atomic E-state index is 0.0550. The van der Waals surface area contributed by atoms with Gasteiger partial charge in [0.15, 0.2) is 0 Å². The van der Waals surface area contributed by atoms with E-state index in [0.29, 0.717) is 32.2 Å². The summed E-state index contributed by atoms with van der Waals surface area (Å²) in [5.41, 5.74) is 1.02. The highest BCUT2D eigenvalue weighted by Crippen LogP contribution is 2.22. The van der Waals surface area contributed by atoms with Crippen LogP contribution in [0.4, 0.5) is 4.79 Å². The van der Waals surface area contributed by atoms with Crippen LogP contribution >= 0.6 is 0 Å². The summed E-state index contributed by atoms with van der Waals surface area (Å²) in [5, 5.41) is 3.00. The van der Waals surface area contributed by atoms with E-state index in [2.05, 4.69) is 19.2 Å². The monoisotopic (exact) mass is 387 g/mol. The summed E-state index contributed by atoms with van der Waals surface area (Å²) in [7, 11) is 0. The van der Waals surface area contributed by atoms with Crippen molar-refractivity contribution in [3.05, 3.63) is 29.8 Å². The number of urea groups is 1. The van der Waals surface area contributed by atoms with Gasteiger partial charge in [-0.2, -0.15) is 0 Å². The number of piperidine rings is 1. The Balaban J connectivity index is 1.42. The second-order valence-corrected chi connectivity index (χ2v) is 8.30. The molecule has 0 spiro atoms. The molecule has 2 saturated heterocycles. The Morgan fingerprint density at radius 2 is 1.82 bits per heavy atom. The summed E-state index contributed by atoms with van der Waals surface area (Å²) in [6, 6.07) is 7.80. The highest BCUT2D eigenvalue weighted by atomic mass is 16.5. The van der Waals surface area contributed by atoms with Crippen molar-refractivity contribution in [1.82, 2.24) is 15.1 Å². The second kappa shape index (κ2) is 9.80. The number of rotatable bonds is 6. The van der Waals surface area contributed by atoms with Gasteiger partial charge in [-0.25, -0.2) is 4.79 Å². The summed E-state index contributed by atoms with van der Waals surface area (Å²) < 4.78 is 5.75. The number of hydrogen-bond donors (Lipinski definition) is 1.